The van der Waals surface area contributed by atoms with Crippen LogP contribution in [0.2, 0.25) is 0 Å². The minimum Gasteiger partial charge on any atom is -0.353 e. The number of hydrogen-bond donors (Lipinski definition) is 2. The highest BCUT2D eigenvalue weighted by molar-refractivity contribution is 5.87. The molecule has 2 rings (SSSR count). The first-order valence-electron chi connectivity index (χ1n) is 7.20. The summed E-state index contributed by atoms with van der Waals surface area (Å²) in [5.41, 5.74) is -0.0204. The molecule has 0 bridgehead atoms. The summed E-state index contributed by atoms with van der Waals surface area (Å²) in [5.74, 6) is -0.346. The summed E-state index contributed by atoms with van der Waals surface area (Å²) in [7, 11) is 0. The second-order valence-corrected chi connectivity index (χ2v) is 6.19. The van der Waals surface area contributed by atoms with Gasteiger partial charge < -0.3 is 10.6 Å². The molecule has 2 unspecified atom stereocenters. The quantitative estimate of drug-likeness (QED) is 0.891. The zero-order chi connectivity index (χ0) is 14.8. The monoisotopic (exact) mass is 278 g/mol. The molecule has 0 aromatic heterocycles. The van der Waals surface area contributed by atoms with Crippen molar-refractivity contribution in [2.45, 2.75) is 51.1 Å². The molecule has 1 aliphatic heterocycles. The number of hydrogen-bond acceptors (Lipinski definition) is 2. The lowest BCUT2D eigenvalue weighted by Gasteiger charge is -2.32. The molecule has 0 radical (unpaired) electrons. The van der Waals surface area contributed by atoms with E-state index < -0.39 is 5.41 Å². The molecule has 110 valence electrons. The number of benzene rings is 1. The Hall–Kier alpha value is -1.42. The number of carbonyl (C=O) groups is 1. The molecular formula is C16H23FN2O. The fourth-order valence-electron chi connectivity index (χ4n) is 2.64. The van der Waals surface area contributed by atoms with E-state index in [2.05, 4.69) is 17.6 Å². The molecule has 0 aliphatic carbocycles. The largest absolute Gasteiger partial charge is 0.353 e. The van der Waals surface area contributed by atoms with E-state index in [1.165, 1.54) is 12.1 Å². The van der Waals surface area contributed by atoms with Crippen LogP contribution in [0.15, 0.2) is 24.3 Å². The van der Waals surface area contributed by atoms with Crippen molar-refractivity contribution in [3.63, 3.8) is 0 Å². The van der Waals surface area contributed by atoms with Gasteiger partial charge in [-0.25, -0.2) is 4.39 Å². The number of amides is 1. The van der Waals surface area contributed by atoms with Gasteiger partial charge in [0, 0.05) is 12.1 Å². The SMILES string of the molecule is CC1CC(NC(=O)C(C)(C)c2cccc(F)c2)CCN1. The van der Waals surface area contributed by atoms with Gasteiger partial charge in [0.1, 0.15) is 5.82 Å². The normalized spacial score (nSPS) is 23.4. The van der Waals surface area contributed by atoms with Gasteiger partial charge in [0.2, 0.25) is 5.91 Å². The van der Waals surface area contributed by atoms with Gasteiger partial charge in [-0.1, -0.05) is 12.1 Å². The molecule has 1 saturated heterocycles. The summed E-state index contributed by atoms with van der Waals surface area (Å²) in [6.45, 7) is 6.71. The second kappa shape index (κ2) is 5.92. The van der Waals surface area contributed by atoms with E-state index in [-0.39, 0.29) is 17.8 Å². The van der Waals surface area contributed by atoms with Gasteiger partial charge in [-0.15, -0.1) is 0 Å². The highest BCUT2D eigenvalue weighted by Gasteiger charge is 2.32. The molecule has 1 fully saturated rings. The van der Waals surface area contributed by atoms with Crippen LogP contribution in [0.4, 0.5) is 4.39 Å². The number of halogens is 1. The van der Waals surface area contributed by atoms with Crippen molar-refractivity contribution in [2.24, 2.45) is 0 Å². The van der Waals surface area contributed by atoms with Crippen LogP contribution >= 0.6 is 0 Å². The minimum absolute atomic E-state index is 0.0396. The fourth-order valence-corrected chi connectivity index (χ4v) is 2.64. The van der Waals surface area contributed by atoms with Crippen LogP contribution in [0.5, 0.6) is 0 Å². The minimum atomic E-state index is -0.726. The van der Waals surface area contributed by atoms with Gasteiger partial charge in [-0.2, -0.15) is 0 Å². The number of nitrogens with one attached hydrogen (secondary N) is 2. The maximum absolute atomic E-state index is 13.3. The Bertz CT molecular complexity index is 487. The first-order valence-corrected chi connectivity index (χ1v) is 7.20. The fraction of sp³-hybridized carbons (Fsp3) is 0.562. The molecule has 1 aliphatic rings. The average molecular weight is 278 g/mol. The van der Waals surface area contributed by atoms with Crippen molar-refractivity contribution in [3.05, 3.63) is 35.6 Å². The van der Waals surface area contributed by atoms with Crippen molar-refractivity contribution in [2.75, 3.05) is 6.54 Å². The van der Waals surface area contributed by atoms with Crippen LogP contribution < -0.4 is 10.6 Å². The van der Waals surface area contributed by atoms with Crippen LogP contribution in [-0.4, -0.2) is 24.5 Å². The van der Waals surface area contributed by atoms with Crippen LogP contribution in [0.3, 0.4) is 0 Å². The van der Waals surface area contributed by atoms with E-state index >= 15 is 0 Å². The third-order valence-corrected chi connectivity index (χ3v) is 4.07. The Morgan fingerprint density at radius 2 is 2.20 bits per heavy atom. The summed E-state index contributed by atoms with van der Waals surface area (Å²) in [6.07, 6.45) is 1.88. The van der Waals surface area contributed by atoms with E-state index in [0.29, 0.717) is 11.6 Å². The highest BCUT2D eigenvalue weighted by atomic mass is 19.1. The lowest BCUT2D eigenvalue weighted by molar-refractivity contribution is -0.126. The first kappa shape index (κ1) is 15.0. The molecule has 1 heterocycles. The predicted octanol–water partition coefficient (Wildman–Crippen LogP) is 2.36. The molecule has 0 saturated carbocycles. The van der Waals surface area contributed by atoms with Gasteiger partial charge in [0.25, 0.3) is 0 Å². The van der Waals surface area contributed by atoms with Gasteiger partial charge >= 0.3 is 0 Å². The maximum atomic E-state index is 13.3. The van der Waals surface area contributed by atoms with E-state index in [4.69, 9.17) is 0 Å². The second-order valence-electron chi connectivity index (χ2n) is 6.19. The standard InChI is InChI=1S/C16H23FN2O/c1-11-9-14(7-8-18-11)19-15(20)16(2,3)12-5-4-6-13(17)10-12/h4-6,10-11,14,18H,7-9H2,1-3H3,(H,19,20). The molecule has 4 heteroatoms. The summed E-state index contributed by atoms with van der Waals surface area (Å²) in [6, 6.07) is 6.90. The molecule has 2 N–H and O–H groups in total. The van der Waals surface area contributed by atoms with Crippen molar-refractivity contribution in [1.82, 2.24) is 10.6 Å². The predicted molar refractivity (Wildman–Crippen MR) is 78.1 cm³/mol. The lowest BCUT2D eigenvalue weighted by Crippen LogP contribution is -2.50. The van der Waals surface area contributed by atoms with E-state index in [1.54, 1.807) is 12.1 Å². The summed E-state index contributed by atoms with van der Waals surface area (Å²) >= 11 is 0. The maximum Gasteiger partial charge on any atom is 0.230 e. The number of rotatable bonds is 3. The Labute approximate surface area is 120 Å². The van der Waals surface area contributed by atoms with Crippen molar-refractivity contribution >= 4 is 5.91 Å². The van der Waals surface area contributed by atoms with Crippen molar-refractivity contribution in [1.29, 1.82) is 0 Å². The lowest BCUT2D eigenvalue weighted by atomic mass is 9.83. The van der Waals surface area contributed by atoms with Crippen LogP contribution in [0, 0.1) is 5.82 Å². The van der Waals surface area contributed by atoms with E-state index in [0.717, 1.165) is 19.4 Å². The van der Waals surface area contributed by atoms with Gasteiger partial charge in [0.05, 0.1) is 5.41 Å². The van der Waals surface area contributed by atoms with Crippen LogP contribution in [0.1, 0.15) is 39.2 Å². The first-order chi connectivity index (χ1) is 9.39. The topological polar surface area (TPSA) is 41.1 Å². The summed E-state index contributed by atoms with van der Waals surface area (Å²) < 4.78 is 13.3. The van der Waals surface area contributed by atoms with Gasteiger partial charge in [-0.3, -0.25) is 4.79 Å². The van der Waals surface area contributed by atoms with E-state index in [1.807, 2.05) is 13.8 Å². The third kappa shape index (κ3) is 3.37. The molecule has 20 heavy (non-hydrogen) atoms. The Balaban J connectivity index is 2.07. The zero-order valence-corrected chi connectivity index (χ0v) is 12.4. The highest BCUT2D eigenvalue weighted by Crippen LogP contribution is 2.24. The van der Waals surface area contributed by atoms with Crippen LogP contribution in [0.25, 0.3) is 0 Å². The number of carbonyl (C=O) groups excluding carboxylic acids is 1. The Morgan fingerprint density at radius 3 is 2.85 bits per heavy atom. The molecule has 0 spiro atoms. The molecule has 1 aromatic rings. The Morgan fingerprint density at radius 1 is 1.45 bits per heavy atom. The molecule has 2 atom stereocenters. The number of piperidine rings is 1. The van der Waals surface area contributed by atoms with Gasteiger partial charge in [-0.05, 0) is 57.9 Å². The van der Waals surface area contributed by atoms with Crippen molar-refractivity contribution in [3.8, 4) is 0 Å². The molecule has 1 amide bonds. The van der Waals surface area contributed by atoms with Gasteiger partial charge in [0.15, 0.2) is 0 Å². The average Bonchev–Trinajstić information content (AvgIpc) is 2.38. The van der Waals surface area contributed by atoms with Crippen LogP contribution in [-0.2, 0) is 10.2 Å². The third-order valence-electron chi connectivity index (χ3n) is 4.07. The zero-order valence-electron chi connectivity index (χ0n) is 12.4. The summed E-state index contributed by atoms with van der Waals surface area (Å²) in [4.78, 5) is 12.5. The Kier molecular flexibility index (Phi) is 4.43. The van der Waals surface area contributed by atoms with E-state index in [9.17, 15) is 9.18 Å². The summed E-state index contributed by atoms with van der Waals surface area (Å²) in [5, 5.41) is 6.47. The van der Waals surface area contributed by atoms with Crippen molar-refractivity contribution < 1.29 is 9.18 Å². The smallest absolute Gasteiger partial charge is 0.230 e. The molecular weight excluding hydrogens is 255 g/mol. The molecule has 3 nitrogen and oxygen atoms in total. The molecule has 1 aromatic carbocycles.